The van der Waals surface area contributed by atoms with Crippen molar-refractivity contribution >= 4 is 16.8 Å². The number of aromatic nitrogens is 2. The minimum atomic E-state index is -0.325. The quantitative estimate of drug-likeness (QED) is 0.533. The maximum absolute atomic E-state index is 13.4. The highest BCUT2D eigenvalue weighted by molar-refractivity contribution is 6.06. The third kappa shape index (κ3) is 3.09. The van der Waals surface area contributed by atoms with Gasteiger partial charge in [0.1, 0.15) is 11.5 Å². The predicted molar refractivity (Wildman–Crippen MR) is 112 cm³/mol. The number of nitrogens with zero attached hydrogens (tertiary/aromatic N) is 2. The summed E-state index contributed by atoms with van der Waals surface area (Å²) < 4.78 is 15.0. The zero-order valence-corrected chi connectivity index (χ0v) is 16.0. The van der Waals surface area contributed by atoms with Crippen LogP contribution in [0.15, 0.2) is 66.7 Å². The number of carbonyl (C=O) groups is 1. The third-order valence-electron chi connectivity index (χ3n) is 5.46. The van der Waals surface area contributed by atoms with Gasteiger partial charge in [0, 0.05) is 12.4 Å². The van der Waals surface area contributed by atoms with Crippen molar-refractivity contribution in [2.75, 3.05) is 7.05 Å². The van der Waals surface area contributed by atoms with Crippen LogP contribution in [0, 0.1) is 5.82 Å². The van der Waals surface area contributed by atoms with E-state index in [1.54, 1.807) is 23.9 Å². The van der Waals surface area contributed by atoms with Crippen LogP contribution in [0.4, 0.5) is 4.39 Å². The molecule has 0 bridgehead atoms. The number of rotatable bonds is 4. The highest BCUT2D eigenvalue weighted by Gasteiger charge is 2.29. The Morgan fingerprint density at radius 3 is 2.45 bits per heavy atom. The summed E-state index contributed by atoms with van der Waals surface area (Å²) >= 11 is 0. The Labute approximate surface area is 168 Å². The molecule has 5 rings (SSSR count). The summed E-state index contributed by atoms with van der Waals surface area (Å²) in [6.07, 6.45) is 2.32. The Bertz CT molecular complexity index is 1210. The lowest BCUT2D eigenvalue weighted by atomic mass is 9.94. The standard InChI is InChI=1S/C24H20FN3O/c1-26-24(29)23-21-13-19(16-7-8-16)20(15-5-3-2-4-6-15)14-22(21)27-28(23)18-11-9-17(25)10-12-18/h2-6,9-14,16H,7-8H2,1H3,(H,26,29). The zero-order valence-electron chi connectivity index (χ0n) is 16.0. The van der Waals surface area contributed by atoms with Crippen molar-refractivity contribution in [3.63, 3.8) is 0 Å². The number of amides is 1. The molecular formula is C24H20FN3O. The van der Waals surface area contributed by atoms with E-state index in [1.807, 2.05) is 18.2 Å². The molecule has 0 spiro atoms. The average molecular weight is 385 g/mol. The summed E-state index contributed by atoms with van der Waals surface area (Å²) in [6.45, 7) is 0. The molecule has 3 aromatic carbocycles. The van der Waals surface area contributed by atoms with E-state index < -0.39 is 0 Å². The monoisotopic (exact) mass is 385 g/mol. The van der Waals surface area contributed by atoms with Gasteiger partial charge in [-0.3, -0.25) is 4.79 Å². The average Bonchev–Trinajstić information content (AvgIpc) is 3.54. The smallest absolute Gasteiger partial charge is 0.270 e. The van der Waals surface area contributed by atoms with Gasteiger partial charge in [0.15, 0.2) is 0 Å². The SMILES string of the molecule is CNC(=O)c1c2cc(C3CC3)c(-c3ccccc3)cc2nn1-c1ccc(F)cc1. The van der Waals surface area contributed by atoms with Crippen LogP contribution < -0.4 is 5.32 Å². The Kier molecular flexibility index (Phi) is 4.16. The molecule has 1 saturated carbocycles. The molecule has 1 aliphatic rings. The molecule has 0 radical (unpaired) electrons. The first-order valence-corrected chi connectivity index (χ1v) is 9.76. The second-order valence-corrected chi connectivity index (χ2v) is 7.41. The van der Waals surface area contributed by atoms with Crippen molar-refractivity contribution in [3.05, 3.63) is 83.8 Å². The fraction of sp³-hybridized carbons (Fsp3) is 0.167. The third-order valence-corrected chi connectivity index (χ3v) is 5.46. The van der Waals surface area contributed by atoms with E-state index in [0.29, 0.717) is 17.3 Å². The molecule has 4 nitrogen and oxygen atoms in total. The summed E-state index contributed by atoms with van der Waals surface area (Å²) in [6, 6.07) is 20.5. The van der Waals surface area contributed by atoms with E-state index in [0.717, 1.165) is 34.9 Å². The van der Waals surface area contributed by atoms with Crippen molar-refractivity contribution in [2.24, 2.45) is 0 Å². The molecule has 0 saturated heterocycles. The van der Waals surface area contributed by atoms with Crippen LogP contribution in [-0.2, 0) is 0 Å². The van der Waals surface area contributed by atoms with Gasteiger partial charge in [-0.15, -0.1) is 0 Å². The van der Waals surface area contributed by atoms with Gasteiger partial charge >= 0.3 is 0 Å². The van der Waals surface area contributed by atoms with Crippen LogP contribution in [0.5, 0.6) is 0 Å². The first-order chi connectivity index (χ1) is 14.2. The molecule has 1 aromatic heterocycles. The van der Waals surface area contributed by atoms with Crippen molar-refractivity contribution in [2.45, 2.75) is 18.8 Å². The topological polar surface area (TPSA) is 46.9 Å². The number of hydrogen-bond acceptors (Lipinski definition) is 2. The first-order valence-electron chi connectivity index (χ1n) is 9.76. The Morgan fingerprint density at radius 2 is 1.79 bits per heavy atom. The minimum Gasteiger partial charge on any atom is -0.354 e. The highest BCUT2D eigenvalue weighted by Crippen LogP contribution is 2.46. The second-order valence-electron chi connectivity index (χ2n) is 7.41. The van der Waals surface area contributed by atoms with E-state index in [1.165, 1.54) is 17.7 Å². The fourth-order valence-corrected chi connectivity index (χ4v) is 3.86. The zero-order chi connectivity index (χ0) is 20.0. The van der Waals surface area contributed by atoms with Crippen LogP contribution in [0.25, 0.3) is 27.7 Å². The second kappa shape index (κ2) is 6.85. The van der Waals surface area contributed by atoms with Gasteiger partial charge in [0.05, 0.1) is 11.2 Å². The number of carbonyl (C=O) groups excluding carboxylic acids is 1. The van der Waals surface area contributed by atoms with E-state index >= 15 is 0 Å². The molecule has 144 valence electrons. The van der Waals surface area contributed by atoms with Gasteiger partial charge in [-0.1, -0.05) is 30.3 Å². The van der Waals surface area contributed by atoms with E-state index in [4.69, 9.17) is 5.10 Å². The lowest BCUT2D eigenvalue weighted by Gasteiger charge is -2.10. The Morgan fingerprint density at radius 1 is 1.07 bits per heavy atom. The molecule has 1 amide bonds. The number of benzene rings is 3. The van der Waals surface area contributed by atoms with E-state index in [-0.39, 0.29) is 11.7 Å². The molecular weight excluding hydrogens is 365 g/mol. The molecule has 29 heavy (non-hydrogen) atoms. The molecule has 1 heterocycles. The lowest BCUT2D eigenvalue weighted by molar-refractivity contribution is 0.0957. The van der Waals surface area contributed by atoms with Gasteiger partial charge in [-0.2, -0.15) is 5.10 Å². The maximum Gasteiger partial charge on any atom is 0.270 e. The van der Waals surface area contributed by atoms with Crippen LogP contribution in [0.3, 0.4) is 0 Å². The summed E-state index contributed by atoms with van der Waals surface area (Å²) in [4.78, 5) is 12.8. The number of nitrogens with one attached hydrogen (secondary N) is 1. The van der Waals surface area contributed by atoms with Gasteiger partial charge in [0.25, 0.3) is 5.91 Å². The number of halogens is 1. The van der Waals surface area contributed by atoms with Crippen LogP contribution >= 0.6 is 0 Å². The van der Waals surface area contributed by atoms with E-state index in [9.17, 15) is 9.18 Å². The van der Waals surface area contributed by atoms with Gasteiger partial charge < -0.3 is 5.32 Å². The van der Waals surface area contributed by atoms with Crippen LogP contribution in [0.1, 0.15) is 34.8 Å². The number of hydrogen-bond donors (Lipinski definition) is 1. The molecule has 0 atom stereocenters. The summed E-state index contributed by atoms with van der Waals surface area (Å²) in [5.74, 6) is -0.0262. The Balaban J connectivity index is 1.78. The fourth-order valence-electron chi connectivity index (χ4n) is 3.86. The molecule has 0 unspecified atom stereocenters. The van der Waals surface area contributed by atoms with Crippen molar-refractivity contribution in [1.29, 1.82) is 0 Å². The normalized spacial score (nSPS) is 13.6. The van der Waals surface area contributed by atoms with Crippen LogP contribution in [-0.4, -0.2) is 22.7 Å². The number of fused-ring (bicyclic) bond motifs is 1. The van der Waals surface area contributed by atoms with Crippen LogP contribution in [0.2, 0.25) is 0 Å². The largest absolute Gasteiger partial charge is 0.354 e. The van der Waals surface area contributed by atoms with Crippen molar-refractivity contribution in [1.82, 2.24) is 15.1 Å². The first kappa shape index (κ1) is 17.6. The molecule has 5 heteroatoms. The van der Waals surface area contributed by atoms with Gasteiger partial charge in [-0.05, 0) is 71.8 Å². The van der Waals surface area contributed by atoms with Gasteiger partial charge in [0.2, 0.25) is 0 Å². The summed E-state index contributed by atoms with van der Waals surface area (Å²) in [5.41, 5.74) is 5.43. The molecule has 1 aliphatic carbocycles. The van der Waals surface area contributed by atoms with Gasteiger partial charge in [-0.25, -0.2) is 9.07 Å². The Hall–Kier alpha value is -3.47. The van der Waals surface area contributed by atoms with Crippen molar-refractivity contribution < 1.29 is 9.18 Å². The summed E-state index contributed by atoms with van der Waals surface area (Å²) in [5, 5.41) is 8.25. The molecule has 1 N–H and O–H groups in total. The molecule has 4 aromatic rings. The predicted octanol–water partition coefficient (Wildman–Crippen LogP) is 5.07. The maximum atomic E-state index is 13.4. The summed E-state index contributed by atoms with van der Waals surface area (Å²) in [7, 11) is 1.61. The van der Waals surface area contributed by atoms with E-state index in [2.05, 4.69) is 29.6 Å². The molecule has 1 fully saturated rings. The molecule has 0 aliphatic heterocycles. The van der Waals surface area contributed by atoms with Crippen molar-refractivity contribution in [3.8, 4) is 16.8 Å². The minimum absolute atomic E-state index is 0.217. The lowest BCUT2D eigenvalue weighted by Crippen LogP contribution is -2.21. The highest BCUT2D eigenvalue weighted by atomic mass is 19.1.